The number of rotatable bonds is 5. The van der Waals surface area contributed by atoms with E-state index in [9.17, 15) is 19.1 Å². The van der Waals surface area contributed by atoms with Crippen LogP contribution in [-0.2, 0) is 16.6 Å². The van der Waals surface area contributed by atoms with Gasteiger partial charge in [-0.2, -0.15) is 0 Å². The van der Waals surface area contributed by atoms with Crippen LogP contribution in [-0.4, -0.2) is 20.2 Å². The van der Waals surface area contributed by atoms with E-state index in [0.717, 1.165) is 16.2 Å². The Morgan fingerprint density at radius 1 is 1.38 bits per heavy atom. The fourth-order valence-corrected chi connectivity index (χ4v) is 3.87. The number of nitro benzene ring substituents is 1. The van der Waals surface area contributed by atoms with E-state index in [-0.39, 0.29) is 16.3 Å². The van der Waals surface area contributed by atoms with Crippen LogP contribution < -0.4 is 0 Å². The van der Waals surface area contributed by atoms with Crippen molar-refractivity contribution in [3.05, 3.63) is 55.8 Å². The van der Waals surface area contributed by atoms with Crippen molar-refractivity contribution in [2.75, 3.05) is 0 Å². The van der Waals surface area contributed by atoms with Gasteiger partial charge in [-0.15, -0.1) is 11.3 Å². The number of carboxylic acid groups (broad SMARTS) is 1. The summed E-state index contributed by atoms with van der Waals surface area (Å²) < 4.78 is 12.2. The lowest BCUT2D eigenvalue weighted by Crippen LogP contribution is -1.97. The molecule has 2 aromatic rings. The Bertz CT molecular complexity index is 721. The van der Waals surface area contributed by atoms with Crippen LogP contribution in [0.3, 0.4) is 0 Å². The zero-order chi connectivity index (χ0) is 15.6. The van der Waals surface area contributed by atoms with Gasteiger partial charge in [0.1, 0.15) is 4.88 Å². The monoisotopic (exact) mass is 325 g/mol. The van der Waals surface area contributed by atoms with Gasteiger partial charge < -0.3 is 5.11 Å². The minimum absolute atomic E-state index is 0.0596. The summed E-state index contributed by atoms with van der Waals surface area (Å²) >= 11 is 1.14. The van der Waals surface area contributed by atoms with Gasteiger partial charge in [0, 0.05) is 21.9 Å². The maximum Gasteiger partial charge on any atom is 0.345 e. The number of non-ortho nitro benzene ring substituents is 1. The minimum Gasteiger partial charge on any atom is -0.477 e. The van der Waals surface area contributed by atoms with Crippen molar-refractivity contribution in [1.82, 2.24) is 0 Å². The van der Waals surface area contributed by atoms with E-state index in [1.807, 2.05) is 0 Å². The van der Waals surface area contributed by atoms with Crippen LogP contribution in [0.1, 0.15) is 20.1 Å². The smallest absolute Gasteiger partial charge is 0.345 e. The van der Waals surface area contributed by atoms with Crippen LogP contribution in [0.25, 0.3) is 0 Å². The van der Waals surface area contributed by atoms with E-state index < -0.39 is 21.7 Å². The highest BCUT2D eigenvalue weighted by Crippen LogP contribution is 2.25. The number of aryl methyl sites for hydroxylation is 1. The number of hydrogen-bond acceptors (Lipinski definition) is 5. The van der Waals surface area contributed by atoms with Gasteiger partial charge in [-0.25, -0.2) is 4.79 Å². The van der Waals surface area contributed by atoms with Crippen LogP contribution in [0.15, 0.2) is 35.2 Å². The van der Waals surface area contributed by atoms with Crippen molar-refractivity contribution in [2.24, 2.45) is 0 Å². The Balaban J connectivity index is 2.17. The highest BCUT2D eigenvalue weighted by atomic mass is 32.2. The average Bonchev–Trinajstić information content (AvgIpc) is 2.80. The molecule has 0 bridgehead atoms. The first-order chi connectivity index (χ1) is 9.88. The summed E-state index contributed by atoms with van der Waals surface area (Å²) in [5.74, 6) is -0.816. The van der Waals surface area contributed by atoms with E-state index in [1.165, 1.54) is 30.3 Å². The summed E-state index contributed by atoms with van der Waals surface area (Å²) in [5.41, 5.74) is 0.657. The number of aromatic carboxylic acids is 1. The lowest BCUT2D eigenvalue weighted by atomic mass is 10.3. The van der Waals surface area contributed by atoms with Gasteiger partial charge in [0.15, 0.2) is 0 Å². The first-order valence-electron chi connectivity index (χ1n) is 5.84. The molecule has 0 saturated heterocycles. The second-order valence-electron chi connectivity index (χ2n) is 4.24. The summed E-state index contributed by atoms with van der Waals surface area (Å²) in [6.45, 7) is 1.78. The molecule has 0 aliphatic carbocycles. The Morgan fingerprint density at radius 2 is 2.00 bits per heavy atom. The number of thiophene rings is 1. The largest absolute Gasteiger partial charge is 0.477 e. The molecule has 1 unspecified atom stereocenters. The van der Waals surface area contributed by atoms with Gasteiger partial charge in [-0.05, 0) is 30.7 Å². The van der Waals surface area contributed by atoms with E-state index in [4.69, 9.17) is 5.11 Å². The standard InChI is InChI=1S/C13H11NO5S2/c1-8-9(6-12(20-8)13(15)16)7-21(19)11-4-2-10(3-5-11)14(17)18/h2-6H,7H2,1H3,(H,15,16). The summed E-state index contributed by atoms with van der Waals surface area (Å²) in [7, 11) is -1.37. The first-order valence-corrected chi connectivity index (χ1v) is 7.97. The molecule has 21 heavy (non-hydrogen) atoms. The third kappa shape index (κ3) is 3.53. The molecule has 1 atom stereocenters. The van der Waals surface area contributed by atoms with E-state index in [2.05, 4.69) is 0 Å². The SMILES string of the molecule is Cc1sc(C(=O)O)cc1CS(=O)c1ccc([N+](=O)[O-])cc1. The summed E-state index contributed by atoms with van der Waals surface area (Å²) in [5, 5.41) is 19.5. The lowest BCUT2D eigenvalue weighted by molar-refractivity contribution is -0.384. The molecule has 1 N–H and O–H groups in total. The Morgan fingerprint density at radius 3 is 2.48 bits per heavy atom. The fraction of sp³-hybridized carbons (Fsp3) is 0.154. The number of nitrogens with zero attached hydrogens (tertiary/aromatic N) is 1. The summed E-state index contributed by atoms with van der Waals surface area (Å²) in [4.78, 5) is 22.4. The minimum atomic E-state index is -1.37. The molecule has 0 spiro atoms. The van der Waals surface area contributed by atoms with Crippen LogP contribution in [0.4, 0.5) is 5.69 Å². The van der Waals surface area contributed by atoms with E-state index in [0.29, 0.717) is 10.5 Å². The Hall–Kier alpha value is -2.06. The number of hydrogen-bond donors (Lipinski definition) is 1. The Kier molecular flexibility index (Phi) is 4.49. The molecule has 1 heterocycles. The first kappa shape index (κ1) is 15.3. The number of nitro groups is 1. The van der Waals surface area contributed by atoms with Crippen LogP contribution >= 0.6 is 11.3 Å². The van der Waals surface area contributed by atoms with Gasteiger partial charge in [0.2, 0.25) is 0 Å². The third-order valence-corrected chi connectivity index (χ3v) is 5.28. The van der Waals surface area contributed by atoms with Crippen molar-refractivity contribution in [3.8, 4) is 0 Å². The van der Waals surface area contributed by atoms with Crippen molar-refractivity contribution in [3.63, 3.8) is 0 Å². The van der Waals surface area contributed by atoms with Gasteiger partial charge in [-0.3, -0.25) is 14.3 Å². The lowest BCUT2D eigenvalue weighted by Gasteiger charge is -2.02. The molecule has 1 aromatic carbocycles. The van der Waals surface area contributed by atoms with E-state index in [1.54, 1.807) is 6.92 Å². The zero-order valence-corrected chi connectivity index (χ0v) is 12.6. The highest BCUT2D eigenvalue weighted by Gasteiger charge is 2.15. The predicted octanol–water partition coefficient (Wildman–Crippen LogP) is 2.97. The second kappa shape index (κ2) is 6.15. The summed E-state index contributed by atoms with van der Waals surface area (Å²) in [6.07, 6.45) is 0. The molecule has 8 heteroatoms. The molecule has 0 aliphatic rings. The maximum absolute atomic E-state index is 12.2. The molecule has 0 amide bonds. The number of carboxylic acids is 1. The maximum atomic E-state index is 12.2. The summed E-state index contributed by atoms with van der Waals surface area (Å²) in [6, 6.07) is 7.03. The number of benzene rings is 1. The second-order valence-corrected chi connectivity index (χ2v) is 6.95. The molecule has 0 saturated carbocycles. The molecule has 2 rings (SSSR count). The van der Waals surface area contributed by atoms with Gasteiger partial charge in [0.25, 0.3) is 5.69 Å². The highest BCUT2D eigenvalue weighted by molar-refractivity contribution is 7.84. The molecule has 110 valence electrons. The fourth-order valence-electron chi connectivity index (χ4n) is 1.71. The quantitative estimate of drug-likeness (QED) is 0.673. The number of carbonyl (C=O) groups is 1. The van der Waals surface area contributed by atoms with Gasteiger partial charge in [0.05, 0.1) is 21.5 Å². The molecule has 0 radical (unpaired) electrons. The molecule has 0 aliphatic heterocycles. The van der Waals surface area contributed by atoms with Crippen LogP contribution in [0.2, 0.25) is 0 Å². The normalized spacial score (nSPS) is 12.0. The molecule has 1 aromatic heterocycles. The molecule has 6 nitrogen and oxygen atoms in total. The predicted molar refractivity (Wildman–Crippen MR) is 79.2 cm³/mol. The van der Waals surface area contributed by atoms with Crippen molar-refractivity contribution < 1.29 is 19.0 Å². The zero-order valence-electron chi connectivity index (χ0n) is 10.9. The molecule has 0 fully saturated rings. The Labute approximate surface area is 126 Å². The van der Waals surface area contributed by atoms with Crippen molar-refractivity contribution in [1.29, 1.82) is 0 Å². The van der Waals surface area contributed by atoms with E-state index >= 15 is 0 Å². The average molecular weight is 325 g/mol. The molecular formula is C13H11NO5S2. The van der Waals surface area contributed by atoms with Crippen LogP contribution in [0.5, 0.6) is 0 Å². The van der Waals surface area contributed by atoms with Gasteiger partial charge >= 0.3 is 5.97 Å². The van der Waals surface area contributed by atoms with Gasteiger partial charge in [-0.1, -0.05) is 0 Å². The third-order valence-electron chi connectivity index (χ3n) is 2.83. The van der Waals surface area contributed by atoms with Crippen molar-refractivity contribution in [2.45, 2.75) is 17.6 Å². The topological polar surface area (TPSA) is 97.5 Å². The molecular weight excluding hydrogens is 314 g/mol. The van der Waals surface area contributed by atoms with Crippen molar-refractivity contribution >= 4 is 33.8 Å². The van der Waals surface area contributed by atoms with Crippen LogP contribution in [0, 0.1) is 17.0 Å².